The first-order chi connectivity index (χ1) is 12.0. The summed E-state index contributed by atoms with van der Waals surface area (Å²) in [6, 6.07) is 15.1. The highest BCUT2D eigenvalue weighted by Crippen LogP contribution is 2.27. The van der Waals surface area contributed by atoms with Gasteiger partial charge in [-0.15, -0.1) is 10.2 Å². The highest BCUT2D eigenvalue weighted by molar-refractivity contribution is 7.98. The standard InChI is InChI=1S/C18H17Cl2N3OS/c1-12(24-16-8-4-7-15(20)10-16)17-21-22-18(23(17)2)25-11-13-5-3-6-14(19)9-13/h3-10,12H,11H2,1-2H3. The Hall–Kier alpha value is -1.69. The van der Waals surface area contributed by atoms with Gasteiger partial charge in [-0.25, -0.2) is 0 Å². The van der Waals surface area contributed by atoms with Crippen LogP contribution in [-0.4, -0.2) is 14.8 Å². The highest BCUT2D eigenvalue weighted by atomic mass is 35.5. The van der Waals surface area contributed by atoms with Gasteiger partial charge in [0.2, 0.25) is 0 Å². The topological polar surface area (TPSA) is 39.9 Å². The number of aromatic nitrogens is 3. The van der Waals surface area contributed by atoms with Crippen molar-refractivity contribution in [3.05, 3.63) is 70.0 Å². The molecule has 0 aliphatic rings. The molecule has 7 heteroatoms. The van der Waals surface area contributed by atoms with E-state index < -0.39 is 0 Å². The average molecular weight is 394 g/mol. The third kappa shape index (κ3) is 4.69. The Balaban J connectivity index is 1.67. The first-order valence-corrected chi connectivity index (χ1v) is 9.46. The van der Waals surface area contributed by atoms with Crippen molar-refractivity contribution in [1.82, 2.24) is 14.8 Å². The smallest absolute Gasteiger partial charge is 0.191 e. The second-order valence-electron chi connectivity index (χ2n) is 5.54. The lowest BCUT2D eigenvalue weighted by Crippen LogP contribution is -2.10. The number of hydrogen-bond acceptors (Lipinski definition) is 4. The highest BCUT2D eigenvalue weighted by Gasteiger charge is 2.17. The van der Waals surface area contributed by atoms with Crippen molar-refractivity contribution in [2.45, 2.75) is 23.9 Å². The lowest BCUT2D eigenvalue weighted by atomic mass is 10.2. The Morgan fingerprint density at radius 3 is 2.52 bits per heavy atom. The average Bonchev–Trinajstić information content (AvgIpc) is 2.94. The van der Waals surface area contributed by atoms with E-state index in [1.54, 1.807) is 17.8 Å². The van der Waals surface area contributed by atoms with E-state index in [2.05, 4.69) is 10.2 Å². The number of ether oxygens (including phenoxy) is 1. The normalized spacial score (nSPS) is 12.2. The summed E-state index contributed by atoms with van der Waals surface area (Å²) in [5.74, 6) is 2.24. The molecule has 2 aromatic carbocycles. The van der Waals surface area contributed by atoms with E-state index in [1.807, 2.05) is 61.0 Å². The van der Waals surface area contributed by atoms with Crippen LogP contribution in [0.3, 0.4) is 0 Å². The summed E-state index contributed by atoms with van der Waals surface area (Å²) in [4.78, 5) is 0. The number of nitrogens with zero attached hydrogens (tertiary/aromatic N) is 3. The van der Waals surface area contributed by atoms with Crippen molar-refractivity contribution in [3.8, 4) is 5.75 Å². The molecule has 3 rings (SSSR count). The molecule has 0 radical (unpaired) electrons. The summed E-state index contributed by atoms with van der Waals surface area (Å²) in [6.45, 7) is 1.94. The van der Waals surface area contributed by atoms with Crippen LogP contribution in [0.1, 0.15) is 24.4 Å². The Morgan fingerprint density at radius 1 is 1.08 bits per heavy atom. The fourth-order valence-electron chi connectivity index (χ4n) is 2.38. The first-order valence-electron chi connectivity index (χ1n) is 7.71. The zero-order valence-corrected chi connectivity index (χ0v) is 16.1. The van der Waals surface area contributed by atoms with Crippen molar-refractivity contribution in [1.29, 1.82) is 0 Å². The number of thioether (sulfide) groups is 1. The van der Waals surface area contributed by atoms with E-state index in [0.717, 1.165) is 27.3 Å². The maximum absolute atomic E-state index is 6.02. The third-order valence-corrected chi connectivity index (χ3v) is 5.16. The fourth-order valence-corrected chi connectivity index (χ4v) is 3.63. The van der Waals surface area contributed by atoms with Crippen LogP contribution in [0.4, 0.5) is 0 Å². The molecule has 0 fully saturated rings. The Bertz CT molecular complexity index is 869. The van der Waals surface area contributed by atoms with Gasteiger partial charge in [0.25, 0.3) is 0 Å². The Morgan fingerprint density at radius 2 is 1.80 bits per heavy atom. The maximum atomic E-state index is 6.02. The number of benzene rings is 2. The minimum Gasteiger partial charge on any atom is -0.483 e. The van der Waals surface area contributed by atoms with E-state index in [1.165, 1.54) is 0 Å². The van der Waals surface area contributed by atoms with Gasteiger partial charge in [0, 0.05) is 22.8 Å². The van der Waals surface area contributed by atoms with Crippen molar-refractivity contribution in [2.24, 2.45) is 7.05 Å². The van der Waals surface area contributed by atoms with Crippen LogP contribution in [0.2, 0.25) is 10.0 Å². The summed E-state index contributed by atoms with van der Waals surface area (Å²) in [5, 5.41) is 10.7. The molecule has 0 spiro atoms. The summed E-state index contributed by atoms with van der Waals surface area (Å²) in [5.41, 5.74) is 1.14. The van der Waals surface area contributed by atoms with Gasteiger partial charge < -0.3 is 9.30 Å². The van der Waals surface area contributed by atoms with Crippen molar-refractivity contribution in [3.63, 3.8) is 0 Å². The molecule has 0 bridgehead atoms. The van der Waals surface area contributed by atoms with Crippen LogP contribution < -0.4 is 4.74 Å². The van der Waals surface area contributed by atoms with E-state index in [4.69, 9.17) is 27.9 Å². The van der Waals surface area contributed by atoms with Crippen molar-refractivity contribution < 1.29 is 4.74 Å². The largest absolute Gasteiger partial charge is 0.483 e. The quantitative estimate of drug-likeness (QED) is 0.514. The fraction of sp³-hybridized carbons (Fsp3) is 0.222. The Kier molecular flexibility index (Phi) is 5.89. The predicted molar refractivity (Wildman–Crippen MR) is 103 cm³/mol. The van der Waals surface area contributed by atoms with E-state index >= 15 is 0 Å². The van der Waals surface area contributed by atoms with Gasteiger partial charge in [0.1, 0.15) is 5.75 Å². The second kappa shape index (κ2) is 8.13. The minimum absolute atomic E-state index is 0.239. The molecule has 1 atom stereocenters. The van der Waals surface area contributed by atoms with Crippen molar-refractivity contribution >= 4 is 35.0 Å². The summed E-state index contributed by atoms with van der Waals surface area (Å²) < 4.78 is 7.87. The Labute approximate surface area is 161 Å². The molecule has 0 amide bonds. The number of hydrogen-bond donors (Lipinski definition) is 0. The van der Waals surface area contributed by atoms with E-state index in [-0.39, 0.29) is 6.10 Å². The van der Waals surface area contributed by atoms with Crippen LogP contribution in [0.15, 0.2) is 53.7 Å². The molecular formula is C18H17Cl2N3OS. The zero-order valence-electron chi connectivity index (χ0n) is 13.8. The predicted octanol–water partition coefficient (Wildman–Crippen LogP) is 5.55. The van der Waals surface area contributed by atoms with Gasteiger partial charge in [-0.3, -0.25) is 0 Å². The van der Waals surface area contributed by atoms with Gasteiger partial charge in [0.15, 0.2) is 17.1 Å². The van der Waals surface area contributed by atoms with Gasteiger partial charge in [-0.2, -0.15) is 0 Å². The van der Waals surface area contributed by atoms with Gasteiger partial charge >= 0.3 is 0 Å². The van der Waals surface area contributed by atoms with E-state index in [0.29, 0.717) is 10.8 Å². The summed E-state index contributed by atoms with van der Waals surface area (Å²) in [7, 11) is 1.94. The molecule has 1 unspecified atom stereocenters. The van der Waals surface area contributed by atoms with E-state index in [9.17, 15) is 0 Å². The molecule has 130 valence electrons. The molecule has 0 saturated carbocycles. The summed E-state index contributed by atoms with van der Waals surface area (Å²) >= 11 is 13.6. The molecule has 0 aliphatic heterocycles. The SMILES string of the molecule is CC(Oc1cccc(Cl)c1)c1nnc(SCc2cccc(Cl)c2)n1C. The molecule has 0 aliphatic carbocycles. The lowest BCUT2D eigenvalue weighted by molar-refractivity contribution is 0.211. The third-order valence-electron chi connectivity index (χ3n) is 3.60. The van der Waals surface area contributed by atoms with Crippen LogP contribution >= 0.6 is 35.0 Å². The minimum atomic E-state index is -0.239. The lowest BCUT2D eigenvalue weighted by Gasteiger charge is -2.14. The second-order valence-corrected chi connectivity index (χ2v) is 7.35. The monoisotopic (exact) mass is 393 g/mol. The van der Waals surface area contributed by atoms with Crippen LogP contribution in [0, 0.1) is 0 Å². The molecule has 1 heterocycles. The summed E-state index contributed by atoms with van der Waals surface area (Å²) in [6.07, 6.45) is -0.239. The molecule has 0 N–H and O–H groups in total. The molecular weight excluding hydrogens is 377 g/mol. The molecule has 25 heavy (non-hydrogen) atoms. The number of halogens is 2. The van der Waals surface area contributed by atoms with Gasteiger partial charge in [-0.1, -0.05) is 53.2 Å². The molecule has 0 saturated heterocycles. The molecule has 4 nitrogen and oxygen atoms in total. The van der Waals surface area contributed by atoms with Gasteiger partial charge in [0.05, 0.1) is 0 Å². The van der Waals surface area contributed by atoms with Crippen LogP contribution in [0.25, 0.3) is 0 Å². The maximum Gasteiger partial charge on any atom is 0.191 e. The first kappa shape index (κ1) is 18.1. The van der Waals surface area contributed by atoms with Crippen molar-refractivity contribution in [2.75, 3.05) is 0 Å². The van der Waals surface area contributed by atoms with Gasteiger partial charge in [-0.05, 0) is 42.8 Å². The van der Waals surface area contributed by atoms with Crippen LogP contribution in [-0.2, 0) is 12.8 Å². The molecule has 3 aromatic rings. The zero-order chi connectivity index (χ0) is 17.8. The number of rotatable bonds is 6. The molecule has 1 aromatic heterocycles. The van der Waals surface area contributed by atoms with Crippen LogP contribution in [0.5, 0.6) is 5.75 Å².